The Labute approximate surface area is 201 Å². The van der Waals surface area contributed by atoms with E-state index in [1.165, 1.54) is 4.31 Å². The Balaban J connectivity index is 1.45. The third kappa shape index (κ3) is 5.29. The van der Waals surface area contributed by atoms with Crippen LogP contribution in [0.5, 0.6) is 5.75 Å². The number of piperidine rings is 1. The highest BCUT2D eigenvalue weighted by Gasteiger charge is 2.36. The molecule has 0 aliphatic carbocycles. The molecule has 10 heteroatoms. The second kappa shape index (κ2) is 10.5. The number of rotatable bonds is 8. The van der Waals surface area contributed by atoms with Gasteiger partial charge in [0.2, 0.25) is 5.91 Å². The highest BCUT2D eigenvalue weighted by molar-refractivity contribution is 7.89. The van der Waals surface area contributed by atoms with Crippen molar-refractivity contribution in [3.63, 3.8) is 0 Å². The molecular weight excluding hydrogens is 456 g/mol. The van der Waals surface area contributed by atoms with Crippen LogP contribution in [0.3, 0.4) is 0 Å². The number of benzene rings is 1. The fraction of sp³-hybridized carbons (Fsp3) is 0.583. The molecule has 0 saturated carbocycles. The molecule has 34 heavy (non-hydrogen) atoms. The first kappa shape index (κ1) is 24.7. The molecule has 2 aromatic rings. The lowest BCUT2D eigenvalue weighted by Crippen LogP contribution is -2.46. The summed E-state index contributed by atoms with van der Waals surface area (Å²) < 4.78 is 40.5. The molecule has 186 valence electrons. The van der Waals surface area contributed by atoms with Crippen LogP contribution < -0.4 is 4.74 Å². The summed E-state index contributed by atoms with van der Waals surface area (Å²) in [5, 5.41) is 0.0634. The van der Waals surface area contributed by atoms with Crippen LogP contribution in [0.15, 0.2) is 35.5 Å². The van der Waals surface area contributed by atoms with Gasteiger partial charge in [0.25, 0.3) is 10.0 Å². The van der Waals surface area contributed by atoms with Gasteiger partial charge in [-0.05, 0) is 38.7 Å². The second-order valence-electron chi connectivity index (χ2n) is 9.08. The smallest absolute Gasteiger partial charge is 0.262 e. The molecule has 4 rings (SSSR count). The zero-order chi connectivity index (χ0) is 24.3. The van der Waals surface area contributed by atoms with Crippen molar-refractivity contribution in [2.24, 2.45) is 13.0 Å². The molecule has 2 aliphatic heterocycles. The van der Waals surface area contributed by atoms with Gasteiger partial charge >= 0.3 is 0 Å². The van der Waals surface area contributed by atoms with Gasteiger partial charge < -0.3 is 18.9 Å². The number of sulfonamides is 1. The van der Waals surface area contributed by atoms with E-state index >= 15 is 0 Å². The van der Waals surface area contributed by atoms with Crippen molar-refractivity contribution in [2.75, 3.05) is 33.4 Å². The summed E-state index contributed by atoms with van der Waals surface area (Å²) in [5.41, 5.74) is 0.946. The summed E-state index contributed by atoms with van der Waals surface area (Å²) in [5.74, 6) is 1.21. The van der Waals surface area contributed by atoms with Gasteiger partial charge in [0.15, 0.2) is 5.03 Å². The molecule has 1 aromatic heterocycles. The van der Waals surface area contributed by atoms with Crippen LogP contribution in [0.1, 0.15) is 37.1 Å². The minimum atomic E-state index is -3.67. The number of aryl methyl sites for hydroxylation is 2. The number of hydrogen-bond donors (Lipinski definition) is 0. The lowest BCUT2D eigenvalue weighted by atomic mass is 9.96. The Morgan fingerprint density at radius 3 is 2.59 bits per heavy atom. The van der Waals surface area contributed by atoms with Crippen LogP contribution >= 0.6 is 0 Å². The van der Waals surface area contributed by atoms with E-state index in [4.69, 9.17) is 9.47 Å². The standard InChI is InChI=1S/C24H34N4O5S/c1-18-25-23(17-26(18)2)34(30,31)28-12-10-19(11-13-28)24(29)27(16-21-8-6-14-33-21)15-20-7-4-5-9-22(20)32-3/h4-5,7,9,17,19,21H,6,8,10-16H2,1-3H3. The molecular formula is C24H34N4O5S. The Kier molecular flexibility index (Phi) is 7.59. The van der Waals surface area contributed by atoms with Crippen molar-refractivity contribution in [1.29, 1.82) is 0 Å². The molecule has 1 amide bonds. The normalized spacial score (nSPS) is 19.9. The zero-order valence-electron chi connectivity index (χ0n) is 20.1. The van der Waals surface area contributed by atoms with Crippen LogP contribution in [-0.2, 0) is 33.1 Å². The predicted molar refractivity (Wildman–Crippen MR) is 127 cm³/mol. The molecule has 1 unspecified atom stereocenters. The van der Waals surface area contributed by atoms with Gasteiger partial charge in [0.05, 0.1) is 13.2 Å². The fourth-order valence-electron chi connectivity index (χ4n) is 4.69. The summed E-state index contributed by atoms with van der Waals surface area (Å²) in [7, 11) is -0.266. The van der Waals surface area contributed by atoms with E-state index < -0.39 is 10.0 Å². The fourth-order valence-corrected chi connectivity index (χ4v) is 6.18. The number of methoxy groups -OCH3 is 1. The summed E-state index contributed by atoms with van der Waals surface area (Å²) >= 11 is 0. The SMILES string of the molecule is COc1ccccc1CN(CC1CCCO1)C(=O)C1CCN(S(=O)(=O)c2cn(C)c(C)n2)CC1. The topological polar surface area (TPSA) is 94.0 Å². The maximum absolute atomic E-state index is 13.6. The Hall–Kier alpha value is -2.43. The molecule has 2 fully saturated rings. The van der Waals surface area contributed by atoms with Crippen molar-refractivity contribution in [2.45, 2.75) is 50.3 Å². The number of amides is 1. The minimum absolute atomic E-state index is 0.0338. The first-order valence-electron chi connectivity index (χ1n) is 11.8. The molecule has 0 spiro atoms. The largest absolute Gasteiger partial charge is 0.496 e. The van der Waals surface area contributed by atoms with Gasteiger partial charge in [-0.2, -0.15) is 4.31 Å². The van der Waals surface area contributed by atoms with E-state index in [0.717, 1.165) is 30.8 Å². The van der Waals surface area contributed by atoms with Crippen LogP contribution in [0, 0.1) is 12.8 Å². The van der Waals surface area contributed by atoms with Crippen LogP contribution in [-0.4, -0.2) is 72.5 Å². The first-order valence-corrected chi connectivity index (χ1v) is 13.3. The van der Waals surface area contributed by atoms with E-state index in [0.29, 0.717) is 44.8 Å². The Morgan fingerprint density at radius 1 is 1.24 bits per heavy atom. The van der Waals surface area contributed by atoms with E-state index in [1.54, 1.807) is 31.8 Å². The number of imidazole rings is 1. The molecule has 0 N–H and O–H groups in total. The molecule has 9 nitrogen and oxygen atoms in total. The van der Waals surface area contributed by atoms with Gasteiger partial charge in [-0.25, -0.2) is 13.4 Å². The number of nitrogens with zero attached hydrogens (tertiary/aromatic N) is 4. The number of carbonyl (C=O) groups is 1. The van der Waals surface area contributed by atoms with Crippen LogP contribution in [0.2, 0.25) is 0 Å². The molecule has 1 aromatic carbocycles. The van der Waals surface area contributed by atoms with Crippen molar-refractivity contribution in [3.05, 3.63) is 41.9 Å². The molecule has 1 atom stereocenters. The van der Waals surface area contributed by atoms with E-state index in [9.17, 15) is 13.2 Å². The maximum atomic E-state index is 13.6. The van der Waals surface area contributed by atoms with Gasteiger partial charge in [0, 0.05) is 57.5 Å². The Morgan fingerprint density at radius 2 is 1.97 bits per heavy atom. The molecule has 2 aliphatic rings. The maximum Gasteiger partial charge on any atom is 0.262 e. The summed E-state index contributed by atoms with van der Waals surface area (Å²) in [6.45, 7) is 4.07. The third-order valence-electron chi connectivity index (χ3n) is 6.81. The predicted octanol–water partition coefficient (Wildman–Crippen LogP) is 2.35. The monoisotopic (exact) mass is 490 g/mol. The quantitative estimate of drug-likeness (QED) is 0.564. The van der Waals surface area contributed by atoms with Crippen molar-refractivity contribution in [1.82, 2.24) is 18.8 Å². The van der Waals surface area contributed by atoms with Crippen molar-refractivity contribution >= 4 is 15.9 Å². The van der Waals surface area contributed by atoms with Crippen LogP contribution in [0.25, 0.3) is 0 Å². The molecule has 0 bridgehead atoms. The summed E-state index contributed by atoms with van der Waals surface area (Å²) in [4.78, 5) is 19.7. The lowest BCUT2D eigenvalue weighted by molar-refractivity contribution is -0.139. The lowest BCUT2D eigenvalue weighted by Gasteiger charge is -2.34. The van der Waals surface area contributed by atoms with E-state index in [1.807, 2.05) is 29.2 Å². The molecule has 2 saturated heterocycles. The van der Waals surface area contributed by atoms with Crippen molar-refractivity contribution < 1.29 is 22.7 Å². The highest BCUT2D eigenvalue weighted by Crippen LogP contribution is 2.28. The molecule has 3 heterocycles. The van der Waals surface area contributed by atoms with E-state index in [2.05, 4.69) is 4.98 Å². The van der Waals surface area contributed by atoms with Crippen LogP contribution in [0.4, 0.5) is 0 Å². The van der Waals surface area contributed by atoms with Crippen molar-refractivity contribution in [3.8, 4) is 5.75 Å². The second-order valence-corrected chi connectivity index (χ2v) is 11.0. The summed E-state index contributed by atoms with van der Waals surface area (Å²) in [6.07, 6.45) is 4.49. The number of ether oxygens (including phenoxy) is 2. The van der Waals surface area contributed by atoms with Gasteiger partial charge in [-0.1, -0.05) is 18.2 Å². The van der Waals surface area contributed by atoms with Gasteiger partial charge in [0.1, 0.15) is 11.6 Å². The average molecular weight is 491 g/mol. The van der Waals surface area contributed by atoms with Gasteiger partial charge in [-0.15, -0.1) is 0 Å². The highest BCUT2D eigenvalue weighted by atomic mass is 32.2. The number of para-hydroxylation sites is 1. The number of aromatic nitrogens is 2. The Bertz CT molecular complexity index is 1080. The third-order valence-corrected chi connectivity index (χ3v) is 8.58. The molecule has 0 radical (unpaired) electrons. The summed E-state index contributed by atoms with van der Waals surface area (Å²) in [6, 6.07) is 7.72. The van der Waals surface area contributed by atoms with E-state index in [-0.39, 0.29) is 23.0 Å². The first-order chi connectivity index (χ1) is 16.3. The minimum Gasteiger partial charge on any atom is -0.496 e. The number of hydrogen-bond acceptors (Lipinski definition) is 6. The average Bonchev–Trinajstić information content (AvgIpc) is 3.48. The zero-order valence-corrected chi connectivity index (χ0v) is 21.0. The number of carbonyl (C=O) groups excluding carboxylic acids is 1. The van der Waals surface area contributed by atoms with Gasteiger partial charge in [-0.3, -0.25) is 4.79 Å².